The fourth-order valence-electron chi connectivity index (χ4n) is 1.11. The Morgan fingerprint density at radius 1 is 1.64 bits per heavy atom. The number of anilines is 1. The molecule has 14 heavy (non-hydrogen) atoms. The molecular weight excluding hydrogens is 178 g/mol. The van der Waals surface area contributed by atoms with Gasteiger partial charge in [0.25, 0.3) is 0 Å². The van der Waals surface area contributed by atoms with Crippen LogP contribution >= 0.6 is 0 Å². The number of benzene rings is 1. The third-order valence-corrected chi connectivity index (χ3v) is 1.90. The van der Waals surface area contributed by atoms with Crippen molar-refractivity contribution in [1.82, 2.24) is 0 Å². The minimum absolute atomic E-state index is 0.0285. The molecule has 0 amide bonds. The Morgan fingerprint density at radius 3 is 3.00 bits per heavy atom. The van der Waals surface area contributed by atoms with Gasteiger partial charge in [-0.2, -0.15) is 0 Å². The van der Waals surface area contributed by atoms with Gasteiger partial charge < -0.3 is 15.2 Å². The Labute approximate surface area is 84.0 Å². The Hall–Kier alpha value is -1.48. The summed E-state index contributed by atoms with van der Waals surface area (Å²) in [5.41, 5.74) is 0.906. The average Bonchev–Trinajstić information content (AvgIpc) is 2.26. The van der Waals surface area contributed by atoms with Crippen molar-refractivity contribution >= 4 is 5.69 Å². The van der Waals surface area contributed by atoms with Crippen molar-refractivity contribution in [3.63, 3.8) is 0 Å². The third kappa shape index (κ3) is 2.78. The minimum Gasteiger partial charge on any atom is -0.497 e. The lowest BCUT2D eigenvalue weighted by Gasteiger charge is -2.13. The van der Waals surface area contributed by atoms with Gasteiger partial charge in [-0.1, -0.05) is 12.1 Å². The second-order valence-corrected chi connectivity index (χ2v) is 2.90. The Balaban J connectivity index is 2.70. The van der Waals surface area contributed by atoms with Gasteiger partial charge in [0.1, 0.15) is 5.75 Å². The number of rotatable bonds is 5. The van der Waals surface area contributed by atoms with Crippen LogP contribution in [-0.2, 0) is 0 Å². The Kier molecular flexibility index (Phi) is 4.01. The number of methoxy groups -OCH3 is 1. The maximum atomic E-state index is 8.95. The van der Waals surface area contributed by atoms with E-state index in [0.29, 0.717) is 0 Å². The van der Waals surface area contributed by atoms with E-state index in [2.05, 4.69) is 11.9 Å². The summed E-state index contributed by atoms with van der Waals surface area (Å²) in [5, 5.41) is 12.1. The first-order valence-electron chi connectivity index (χ1n) is 4.44. The van der Waals surface area contributed by atoms with Crippen molar-refractivity contribution in [2.75, 3.05) is 19.0 Å². The summed E-state index contributed by atoms with van der Waals surface area (Å²) in [6.45, 7) is 3.65. The molecule has 2 N–H and O–H groups in total. The first-order valence-corrected chi connectivity index (χ1v) is 4.44. The van der Waals surface area contributed by atoms with Crippen LogP contribution in [0.4, 0.5) is 5.69 Å². The molecule has 0 saturated heterocycles. The lowest BCUT2D eigenvalue weighted by atomic mass is 10.2. The summed E-state index contributed by atoms with van der Waals surface area (Å²) in [6, 6.07) is 7.41. The molecule has 1 unspecified atom stereocenters. The molecule has 0 aliphatic heterocycles. The highest BCUT2D eigenvalue weighted by atomic mass is 16.5. The first kappa shape index (κ1) is 10.6. The van der Waals surface area contributed by atoms with E-state index in [1.165, 1.54) is 0 Å². The van der Waals surface area contributed by atoms with Crippen LogP contribution in [0.2, 0.25) is 0 Å². The zero-order valence-electron chi connectivity index (χ0n) is 8.23. The second kappa shape index (κ2) is 5.29. The molecule has 0 radical (unpaired) electrons. The van der Waals surface area contributed by atoms with Gasteiger partial charge in [-0.05, 0) is 12.1 Å². The fraction of sp³-hybridized carbons (Fsp3) is 0.273. The maximum absolute atomic E-state index is 8.95. The highest BCUT2D eigenvalue weighted by Gasteiger charge is 2.01. The van der Waals surface area contributed by atoms with E-state index < -0.39 is 0 Å². The van der Waals surface area contributed by atoms with E-state index in [0.717, 1.165) is 11.4 Å². The van der Waals surface area contributed by atoms with Gasteiger partial charge in [-0.3, -0.25) is 0 Å². The van der Waals surface area contributed by atoms with Gasteiger partial charge in [0, 0.05) is 11.8 Å². The normalized spacial score (nSPS) is 11.9. The van der Waals surface area contributed by atoms with E-state index in [1.807, 2.05) is 24.3 Å². The van der Waals surface area contributed by atoms with Gasteiger partial charge >= 0.3 is 0 Å². The van der Waals surface area contributed by atoms with Crippen molar-refractivity contribution in [3.8, 4) is 5.75 Å². The number of aliphatic hydroxyl groups excluding tert-OH is 1. The molecule has 0 fully saturated rings. The molecule has 0 aromatic heterocycles. The van der Waals surface area contributed by atoms with Crippen LogP contribution in [0, 0.1) is 0 Å². The largest absolute Gasteiger partial charge is 0.497 e. The van der Waals surface area contributed by atoms with E-state index in [9.17, 15) is 0 Å². The van der Waals surface area contributed by atoms with Crippen LogP contribution in [0.3, 0.4) is 0 Å². The average molecular weight is 193 g/mol. The standard InChI is InChI=1S/C11H15NO2/c1-3-9(8-13)12-10-5-4-6-11(7-10)14-2/h3-7,9,12-13H,1,8H2,2H3. The zero-order chi connectivity index (χ0) is 10.4. The lowest BCUT2D eigenvalue weighted by molar-refractivity contribution is 0.291. The van der Waals surface area contributed by atoms with Crippen molar-refractivity contribution in [2.45, 2.75) is 6.04 Å². The van der Waals surface area contributed by atoms with Crippen LogP contribution < -0.4 is 10.1 Å². The van der Waals surface area contributed by atoms with Gasteiger partial charge in [0.05, 0.1) is 19.8 Å². The Bertz CT molecular complexity index is 299. The SMILES string of the molecule is C=CC(CO)Nc1cccc(OC)c1. The lowest BCUT2D eigenvalue weighted by Crippen LogP contribution is -2.20. The van der Waals surface area contributed by atoms with Crippen molar-refractivity contribution in [3.05, 3.63) is 36.9 Å². The van der Waals surface area contributed by atoms with Gasteiger partial charge in [-0.15, -0.1) is 6.58 Å². The molecule has 3 nitrogen and oxygen atoms in total. The zero-order valence-corrected chi connectivity index (χ0v) is 8.23. The smallest absolute Gasteiger partial charge is 0.120 e. The van der Waals surface area contributed by atoms with Crippen LogP contribution in [0.1, 0.15) is 0 Å². The summed E-state index contributed by atoms with van der Waals surface area (Å²) in [7, 11) is 1.62. The number of ether oxygens (including phenoxy) is 1. The molecule has 0 aliphatic rings. The first-order chi connectivity index (χ1) is 6.80. The van der Waals surface area contributed by atoms with Gasteiger partial charge in [0.2, 0.25) is 0 Å². The van der Waals surface area contributed by atoms with Gasteiger partial charge in [-0.25, -0.2) is 0 Å². The second-order valence-electron chi connectivity index (χ2n) is 2.90. The summed E-state index contributed by atoms with van der Waals surface area (Å²) in [5.74, 6) is 0.788. The van der Waals surface area contributed by atoms with E-state index in [1.54, 1.807) is 13.2 Å². The van der Waals surface area contributed by atoms with Gasteiger partial charge in [0.15, 0.2) is 0 Å². The van der Waals surface area contributed by atoms with Crippen LogP contribution in [0.25, 0.3) is 0 Å². The number of hydrogen-bond donors (Lipinski definition) is 2. The highest BCUT2D eigenvalue weighted by molar-refractivity contribution is 5.49. The van der Waals surface area contributed by atoms with E-state index >= 15 is 0 Å². The molecule has 0 saturated carbocycles. The van der Waals surface area contributed by atoms with Crippen molar-refractivity contribution in [2.24, 2.45) is 0 Å². The van der Waals surface area contributed by atoms with Crippen LogP contribution in [-0.4, -0.2) is 24.9 Å². The summed E-state index contributed by atoms with van der Waals surface area (Å²) < 4.78 is 5.08. The van der Waals surface area contributed by atoms with Crippen LogP contribution in [0.15, 0.2) is 36.9 Å². The molecule has 1 rings (SSSR count). The topological polar surface area (TPSA) is 41.5 Å². The monoisotopic (exact) mass is 193 g/mol. The quantitative estimate of drug-likeness (QED) is 0.699. The van der Waals surface area contributed by atoms with Crippen molar-refractivity contribution in [1.29, 1.82) is 0 Å². The van der Waals surface area contributed by atoms with E-state index in [4.69, 9.17) is 9.84 Å². The van der Waals surface area contributed by atoms with Crippen molar-refractivity contribution < 1.29 is 9.84 Å². The predicted molar refractivity (Wildman–Crippen MR) is 57.7 cm³/mol. The molecule has 1 aromatic rings. The van der Waals surface area contributed by atoms with E-state index in [-0.39, 0.29) is 12.6 Å². The highest BCUT2D eigenvalue weighted by Crippen LogP contribution is 2.17. The molecule has 1 atom stereocenters. The summed E-state index contributed by atoms with van der Waals surface area (Å²) >= 11 is 0. The molecule has 76 valence electrons. The number of nitrogens with one attached hydrogen (secondary N) is 1. The number of hydrogen-bond acceptors (Lipinski definition) is 3. The molecule has 0 spiro atoms. The molecule has 3 heteroatoms. The Morgan fingerprint density at radius 2 is 2.43 bits per heavy atom. The predicted octanol–water partition coefficient (Wildman–Crippen LogP) is 1.65. The molecule has 1 aromatic carbocycles. The summed E-state index contributed by atoms with van der Waals surface area (Å²) in [6.07, 6.45) is 1.67. The molecule has 0 bridgehead atoms. The summed E-state index contributed by atoms with van der Waals surface area (Å²) in [4.78, 5) is 0. The van der Waals surface area contributed by atoms with Crippen LogP contribution in [0.5, 0.6) is 5.75 Å². The molecule has 0 aliphatic carbocycles. The fourth-order valence-corrected chi connectivity index (χ4v) is 1.11. The maximum Gasteiger partial charge on any atom is 0.120 e. The molecular formula is C11H15NO2. The third-order valence-electron chi connectivity index (χ3n) is 1.90. The minimum atomic E-state index is -0.123. The number of aliphatic hydroxyl groups is 1. The molecule has 0 heterocycles.